The average molecular weight is 341 g/mol. The number of carbonyl (C=O) groups excluding carboxylic acids is 2. The van der Waals surface area contributed by atoms with Crippen LogP contribution in [0.5, 0.6) is 5.75 Å². The number of carbonyl (C=O) groups is 2. The van der Waals surface area contributed by atoms with Crippen molar-refractivity contribution in [3.05, 3.63) is 53.1 Å². The molecule has 0 heterocycles. The fourth-order valence-electron chi connectivity index (χ4n) is 1.72. The van der Waals surface area contributed by atoms with Crippen LogP contribution in [-0.2, 0) is 9.59 Å². The van der Waals surface area contributed by atoms with Crippen LogP contribution >= 0.6 is 11.6 Å². The highest BCUT2D eigenvalue weighted by Crippen LogP contribution is 2.27. The maximum atomic E-state index is 13.4. The fourth-order valence-corrected chi connectivity index (χ4v) is 1.98. The Hall–Kier alpha value is -2.67. The second kappa shape index (κ2) is 7.06. The van der Waals surface area contributed by atoms with Crippen LogP contribution < -0.4 is 15.4 Å². The third kappa shape index (κ3) is 3.95. The first-order valence-corrected chi connectivity index (χ1v) is 6.70. The maximum Gasteiger partial charge on any atom is 0.314 e. The molecule has 0 fully saturated rings. The molecule has 0 aromatic heterocycles. The first-order chi connectivity index (χ1) is 10.9. The van der Waals surface area contributed by atoms with Crippen molar-refractivity contribution < 1.29 is 23.1 Å². The monoisotopic (exact) mass is 340 g/mol. The van der Waals surface area contributed by atoms with Gasteiger partial charge in [-0.15, -0.1) is 0 Å². The Bertz CT molecular complexity index is 748. The molecule has 2 amide bonds. The summed E-state index contributed by atoms with van der Waals surface area (Å²) in [4.78, 5) is 23.5. The van der Waals surface area contributed by atoms with Gasteiger partial charge < -0.3 is 15.4 Å². The molecular weight excluding hydrogens is 330 g/mol. The Morgan fingerprint density at radius 3 is 2.22 bits per heavy atom. The van der Waals surface area contributed by atoms with Gasteiger partial charge in [0.1, 0.15) is 23.1 Å². The van der Waals surface area contributed by atoms with E-state index in [2.05, 4.69) is 5.32 Å². The second-order valence-corrected chi connectivity index (χ2v) is 4.76. The van der Waals surface area contributed by atoms with Gasteiger partial charge in [-0.2, -0.15) is 0 Å². The van der Waals surface area contributed by atoms with E-state index < -0.39 is 29.1 Å². The number of methoxy groups -OCH3 is 1. The number of benzene rings is 2. The second-order valence-electron chi connectivity index (χ2n) is 4.35. The van der Waals surface area contributed by atoms with Gasteiger partial charge in [0.25, 0.3) is 0 Å². The number of ether oxygens (including phenoxy) is 1. The van der Waals surface area contributed by atoms with E-state index in [1.54, 1.807) is 0 Å². The SMILES string of the molecule is COc1ccc(NC(=O)C(=O)Nc2c(F)cccc2F)cc1Cl. The van der Waals surface area contributed by atoms with Crippen molar-refractivity contribution in [1.82, 2.24) is 0 Å². The van der Waals surface area contributed by atoms with E-state index in [1.807, 2.05) is 5.32 Å². The summed E-state index contributed by atoms with van der Waals surface area (Å²) in [6.07, 6.45) is 0. The summed E-state index contributed by atoms with van der Waals surface area (Å²) in [6, 6.07) is 7.38. The molecule has 0 atom stereocenters. The van der Waals surface area contributed by atoms with E-state index in [4.69, 9.17) is 16.3 Å². The highest BCUT2D eigenvalue weighted by atomic mass is 35.5. The molecule has 0 spiro atoms. The molecule has 8 heteroatoms. The van der Waals surface area contributed by atoms with Crippen molar-refractivity contribution in [2.24, 2.45) is 0 Å². The molecule has 23 heavy (non-hydrogen) atoms. The highest BCUT2D eigenvalue weighted by Gasteiger charge is 2.18. The Morgan fingerprint density at radius 1 is 1.04 bits per heavy atom. The number of halogens is 3. The minimum absolute atomic E-state index is 0.227. The van der Waals surface area contributed by atoms with Crippen LogP contribution in [-0.4, -0.2) is 18.9 Å². The summed E-state index contributed by atoms with van der Waals surface area (Å²) >= 11 is 5.89. The van der Waals surface area contributed by atoms with Gasteiger partial charge in [-0.1, -0.05) is 17.7 Å². The molecule has 0 saturated carbocycles. The van der Waals surface area contributed by atoms with Crippen LogP contribution in [0.3, 0.4) is 0 Å². The Labute approximate surface area is 135 Å². The molecule has 0 unspecified atom stereocenters. The van der Waals surface area contributed by atoms with Crippen LogP contribution in [0.25, 0.3) is 0 Å². The molecule has 0 aliphatic rings. The van der Waals surface area contributed by atoms with Crippen LogP contribution in [0.15, 0.2) is 36.4 Å². The van der Waals surface area contributed by atoms with Crippen molar-refractivity contribution in [3.63, 3.8) is 0 Å². The Kier molecular flexibility index (Phi) is 5.13. The van der Waals surface area contributed by atoms with E-state index >= 15 is 0 Å². The number of nitrogens with one attached hydrogen (secondary N) is 2. The molecule has 2 aromatic rings. The van der Waals surface area contributed by atoms with Gasteiger partial charge in [-0.25, -0.2) is 8.78 Å². The van der Waals surface area contributed by atoms with Gasteiger partial charge in [-0.3, -0.25) is 9.59 Å². The average Bonchev–Trinajstić information content (AvgIpc) is 2.51. The standard InChI is InChI=1S/C15H11ClF2N2O3/c1-23-12-6-5-8(7-9(12)16)19-14(21)15(22)20-13-10(17)3-2-4-11(13)18/h2-7H,1H3,(H,19,21)(H,20,22). The van der Waals surface area contributed by atoms with Crippen LogP contribution in [0.1, 0.15) is 0 Å². The van der Waals surface area contributed by atoms with Gasteiger partial charge in [-0.05, 0) is 30.3 Å². The number of anilines is 2. The smallest absolute Gasteiger partial charge is 0.314 e. The summed E-state index contributed by atoms with van der Waals surface area (Å²) in [6.45, 7) is 0. The van der Waals surface area contributed by atoms with Crippen LogP contribution in [0.2, 0.25) is 5.02 Å². The van der Waals surface area contributed by atoms with E-state index in [9.17, 15) is 18.4 Å². The summed E-state index contributed by atoms with van der Waals surface area (Å²) in [7, 11) is 1.43. The zero-order valence-electron chi connectivity index (χ0n) is 11.8. The molecule has 0 aliphatic heterocycles. The number of para-hydroxylation sites is 1. The number of hydrogen-bond donors (Lipinski definition) is 2. The van der Waals surface area contributed by atoms with Crippen LogP contribution in [0.4, 0.5) is 20.2 Å². The quantitative estimate of drug-likeness (QED) is 0.843. The predicted molar refractivity (Wildman–Crippen MR) is 81.6 cm³/mol. The van der Waals surface area contributed by atoms with Gasteiger partial charge in [0.2, 0.25) is 0 Å². The Balaban J connectivity index is 2.09. The van der Waals surface area contributed by atoms with Crippen molar-refractivity contribution in [3.8, 4) is 5.75 Å². The van der Waals surface area contributed by atoms with E-state index in [0.29, 0.717) is 5.75 Å². The fraction of sp³-hybridized carbons (Fsp3) is 0.0667. The number of rotatable bonds is 3. The molecule has 5 nitrogen and oxygen atoms in total. The molecule has 0 aliphatic carbocycles. The maximum absolute atomic E-state index is 13.4. The van der Waals surface area contributed by atoms with Gasteiger partial charge in [0.15, 0.2) is 0 Å². The summed E-state index contributed by atoms with van der Waals surface area (Å²) in [5.41, 5.74) is -0.467. The number of hydrogen-bond acceptors (Lipinski definition) is 3. The first kappa shape index (κ1) is 16.7. The summed E-state index contributed by atoms with van der Waals surface area (Å²) in [5.74, 6) is -3.91. The van der Waals surface area contributed by atoms with Crippen molar-refractivity contribution in [1.29, 1.82) is 0 Å². The lowest BCUT2D eigenvalue weighted by molar-refractivity contribution is -0.133. The Morgan fingerprint density at radius 2 is 1.65 bits per heavy atom. The van der Waals surface area contributed by atoms with Crippen LogP contribution in [0, 0.1) is 11.6 Å². The van der Waals surface area contributed by atoms with E-state index in [-0.39, 0.29) is 10.7 Å². The van der Waals surface area contributed by atoms with Crippen molar-refractivity contribution in [2.45, 2.75) is 0 Å². The van der Waals surface area contributed by atoms with Gasteiger partial charge >= 0.3 is 11.8 Å². The van der Waals surface area contributed by atoms with E-state index in [0.717, 1.165) is 18.2 Å². The van der Waals surface area contributed by atoms with Crippen molar-refractivity contribution >= 4 is 34.8 Å². The lowest BCUT2D eigenvalue weighted by atomic mass is 10.2. The molecule has 0 radical (unpaired) electrons. The topological polar surface area (TPSA) is 67.4 Å². The normalized spacial score (nSPS) is 10.1. The summed E-state index contributed by atoms with van der Waals surface area (Å²) < 4.78 is 31.8. The van der Waals surface area contributed by atoms with Gasteiger partial charge in [0, 0.05) is 5.69 Å². The van der Waals surface area contributed by atoms with Crippen molar-refractivity contribution in [2.75, 3.05) is 17.7 Å². The molecule has 2 rings (SSSR count). The van der Waals surface area contributed by atoms with E-state index in [1.165, 1.54) is 25.3 Å². The molecule has 0 bridgehead atoms. The highest BCUT2D eigenvalue weighted by molar-refractivity contribution is 6.43. The minimum Gasteiger partial charge on any atom is -0.495 e. The lowest BCUT2D eigenvalue weighted by Gasteiger charge is -2.09. The molecular formula is C15H11ClF2N2O3. The predicted octanol–water partition coefficient (Wildman–Crippen LogP) is 3.20. The third-order valence-electron chi connectivity index (χ3n) is 2.82. The van der Waals surface area contributed by atoms with Gasteiger partial charge in [0.05, 0.1) is 12.1 Å². The largest absolute Gasteiger partial charge is 0.495 e. The molecule has 2 aromatic carbocycles. The summed E-state index contributed by atoms with van der Waals surface area (Å²) in [5, 5.41) is 4.36. The number of amides is 2. The first-order valence-electron chi connectivity index (χ1n) is 6.32. The zero-order chi connectivity index (χ0) is 17.0. The minimum atomic E-state index is -1.22. The molecule has 2 N–H and O–H groups in total. The third-order valence-corrected chi connectivity index (χ3v) is 3.11. The molecule has 0 saturated heterocycles. The molecule has 120 valence electrons. The zero-order valence-corrected chi connectivity index (χ0v) is 12.6. The lowest BCUT2D eigenvalue weighted by Crippen LogP contribution is -2.29.